The molecule has 1 unspecified atom stereocenters. The van der Waals surface area contributed by atoms with Crippen LogP contribution in [0.5, 0.6) is 0 Å². The van der Waals surface area contributed by atoms with Gasteiger partial charge < -0.3 is 5.43 Å². The number of hydrogen-bond acceptors (Lipinski definition) is 2. The highest BCUT2D eigenvalue weighted by atomic mass is 79.9. The SMILES string of the molecule is Cc1c(-c2ccc(Br)cc2)cccc1C1C=CNN1c1ccccc1. The van der Waals surface area contributed by atoms with Gasteiger partial charge in [-0.15, -0.1) is 0 Å². The Labute approximate surface area is 156 Å². The Morgan fingerprint density at radius 3 is 2.40 bits per heavy atom. The van der Waals surface area contributed by atoms with Crippen LogP contribution in [0.3, 0.4) is 0 Å². The van der Waals surface area contributed by atoms with Gasteiger partial charge in [0.1, 0.15) is 0 Å². The van der Waals surface area contributed by atoms with Gasteiger partial charge in [-0.05, 0) is 59.5 Å². The number of para-hydroxylation sites is 1. The zero-order chi connectivity index (χ0) is 17.2. The van der Waals surface area contributed by atoms with Gasteiger partial charge in [-0.2, -0.15) is 0 Å². The molecule has 4 rings (SSSR count). The smallest absolute Gasteiger partial charge is 0.0954 e. The van der Waals surface area contributed by atoms with Gasteiger partial charge >= 0.3 is 0 Å². The fraction of sp³-hybridized carbons (Fsp3) is 0.0909. The number of hydrogen-bond donors (Lipinski definition) is 1. The minimum atomic E-state index is 0.179. The second-order valence-corrected chi connectivity index (χ2v) is 7.08. The van der Waals surface area contributed by atoms with E-state index in [1.807, 2.05) is 12.3 Å². The third-order valence-electron chi connectivity index (χ3n) is 4.65. The summed E-state index contributed by atoms with van der Waals surface area (Å²) in [5.74, 6) is 0. The van der Waals surface area contributed by atoms with Crippen molar-refractivity contribution >= 4 is 21.6 Å². The molecule has 0 radical (unpaired) electrons. The van der Waals surface area contributed by atoms with Crippen LogP contribution in [0.1, 0.15) is 17.2 Å². The van der Waals surface area contributed by atoms with Gasteiger partial charge in [0, 0.05) is 10.7 Å². The molecule has 3 aromatic carbocycles. The molecule has 2 nitrogen and oxygen atoms in total. The first-order valence-corrected chi connectivity index (χ1v) is 9.16. The van der Waals surface area contributed by atoms with Crippen LogP contribution in [0, 0.1) is 6.92 Å². The Morgan fingerprint density at radius 2 is 1.64 bits per heavy atom. The number of nitrogens with zero attached hydrogens (tertiary/aromatic N) is 1. The first kappa shape index (κ1) is 16.0. The minimum Gasteiger partial charge on any atom is -0.305 e. The van der Waals surface area contributed by atoms with Gasteiger partial charge in [-0.25, -0.2) is 0 Å². The minimum absolute atomic E-state index is 0.179. The van der Waals surface area contributed by atoms with E-state index in [9.17, 15) is 0 Å². The summed E-state index contributed by atoms with van der Waals surface area (Å²) in [5.41, 5.74) is 9.66. The van der Waals surface area contributed by atoms with Gasteiger partial charge in [0.2, 0.25) is 0 Å². The number of benzene rings is 3. The maximum absolute atomic E-state index is 3.51. The Morgan fingerprint density at radius 1 is 0.880 bits per heavy atom. The van der Waals surface area contributed by atoms with Crippen molar-refractivity contribution in [2.75, 3.05) is 5.01 Å². The molecular weight excluding hydrogens is 372 g/mol. The lowest BCUT2D eigenvalue weighted by molar-refractivity contribution is 0.715. The van der Waals surface area contributed by atoms with Crippen LogP contribution in [-0.2, 0) is 0 Å². The van der Waals surface area contributed by atoms with Crippen molar-refractivity contribution in [2.24, 2.45) is 0 Å². The van der Waals surface area contributed by atoms with E-state index in [-0.39, 0.29) is 6.04 Å². The van der Waals surface area contributed by atoms with Crippen LogP contribution in [0.15, 0.2) is 89.5 Å². The zero-order valence-electron chi connectivity index (χ0n) is 14.0. The third-order valence-corrected chi connectivity index (χ3v) is 5.18. The standard InChI is InChI=1S/C22H19BrN2/c1-16-20(17-10-12-18(23)13-11-17)8-5-9-21(16)22-14-15-24-25(22)19-6-3-2-4-7-19/h2-15,22,24H,1H3. The van der Waals surface area contributed by atoms with Crippen LogP contribution in [0.25, 0.3) is 11.1 Å². The van der Waals surface area contributed by atoms with Crippen molar-refractivity contribution < 1.29 is 0 Å². The maximum Gasteiger partial charge on any atom is 0.0954 e. The van der Waals surface area contributed by atoms with E-state index in [0.717, 1.165) is 10.2 Å². The molecule has 0 spiro atoms. The van der Waals surface area contributed by atoms with Crippen LogP contribution >= 0.6 is 15.9 Å². The van der Waals surface area contributed by atoms with Gasteiger partial charge in [0.15, 0.2) is 0 Å². The summed E-state index contributed by atoms with van der Waals surface area (Å²) in [7, 11) is 0. The van der Waals surface area contributed by atoms with Crippen molar-refractivity contribution in [1.82, 2.24) is 5.43 Å². The van der Waals surface area contributed by atoms with Crippen LogP contribution in [0.4, 0.5) is 5.69 Å². The molecule has 0 saturated heterocycles. The van der Waals surface area contributed by atoms with Crippen molar-refractivity contribution in [3.8, 4) is 11.1 Å². The Bertz CT molecular complexity index is 901. The van der Waals surface area contributed by atoms with Crippen molar-refractivity contribution in [2.45, 2.75) is 13.0 Å². The predicted molar refractivity (Wildman–Crippen MR) is 108 cm³/mol. The molecule has 0 aliphatic carbocycles. The maximum atomic E-state index is 3.51. The largest absolute Gasteiger partial charge is 0.305 e. The number of anilines is 1. The quantitative estimate of drug-likeness (QED) is 0.589. The van der Waals surface area contributed by atoms with E-state index in [0.29, 0.717) is 0 Å². The third kappa shape index (κ3) is 3.08. The second-order valence-electron chi connectivity index (χ2n) is 6.17. The van der Waals surface area contributed by atoms with Crippen LogP contribution in [-0.4, -0.2) is 0 Å². The monoisotopic (exact) mass is 390 g/mol. The molecule has 1 aliphatic heterocycles. The van der Waals surface area contributed by atoms with Gasteiger partial charge in [0.25, 0.3) is 0 Å². The van der Waals surface area contributed by atoms with Gasteiger partial charge in [-0.1, -0.05) is 64.5 Å². The summed E-state index contributed by atoms with van der Waals surface area (Å²) >= 11 is 3.51. The summed E-state index contributed by atoms with van der Waals surface area (Å²) in [6.45, 7) is 2.21. The highest BCUT2D eigenvalue weighted by Gasteiger charge is 2.24. The molecule has 1 heterocycles. The molecule has 0 aromatic heterocycles. The molecule has 1 atom stereocenters. The van der Waals surface area contributed by atoms with E-state index in [2.05, 4.69) is 106 Å². The number of rotatable bonds is 3. The summed E-state index contributed by atoms with van der Waals surface area (Å²) in [5, 5.41) is 2.20. The Kier molecular flexibility index (Phi) is 4.33. The molecule has 3 aromatic rings. The first-order chi connectivity index (χ1) is 12.2. The van der Waals surface area contributed by atoms with Crippen LogP contribution in [0.2, 0.25) is 0 Å². The average molecular weight is 391 g/mol. The predicted octanol–water partition coefficient (Wildman–Crippen LogP) is 6.00. The van der Waals surface area contributed by atoms with E-state index in [1.165, 1.54) is 22.3 Å². The van der Waals surface area contributed by atoms with E-state index in [1.54, 1.807) is 0 Å². The lowest BCUT2D eigenvalue weighted by atomic mass is 9.92. The number of halogens is 1. The summed E-state index contributed by atoms with van der Waals surface area (Å²) < 4.78 is 1.10. The first-order valence-electron chi connectivity index (χ1n) is 8.36. The highest BCUT2D eigenvalue weighted by Crippen LogP contribution is 2.35. The second kappa shape index (κ2) is 6.77. The van der Waals surface area contributed by atoms with E-state index < -0.39 is 0 Å². The van der Waals surface area contributed by atoms with E-state index >= 15 is 0 Å². The molecule has 3 heteroatoms. The van der Waals surface area contributed by atoms with E-state index in [4.69, 9.17) is 0 Å². The normalized spacial score (nSPS) is 16.1. The molecule has 1 aliphatic rings. The molecule has 124 valence electrons. The lowest BCUT2D eigenvalue weighted by Gasteiger charge is -2.28. The number of hydrazine groups is 1. The topological polar surface area (TPSA) is 15.3 Å². The fourth-order valence-corrected chi connectivity index (χ4v) is 3.63. The Balaban J connectivity index is 1.74. The summed E-state index contributed by atoms with van der Waals surface area (Å²) in [6.07, 6.45) is 4.23. The van der Waals surface area contributed by atoms with Crippen molar-refractivity contribution in [3.05, 3.63) is 101 Å². The molecule has 25 heavy (non-hydrogen) atoms. The molecule has 0 bridgehead atoms. The van der Waals surface area contributed by atoms with Crippen LogP contribution < -0.4 is 10.4 Å². The fourth-order valence-electron chi connectivity index (χ4n) is 3.36. The van der Waals surface area contributed by atoms with Gasteiger partial charge in [0.05, 0.1) is 11.7 Å². The summed E-state index contributed by atoms with van der Waals surface area (Å²) in [6, 6.07) is 25.7. The Hall–Kier alpha value is -2.52. The lowest BCUT2D eigenvalue weighted by Crippen LogP contribution is -2.32. The molecule has 0 fully saturated rings. The molecule has 0 amide bonds. The molecule has 1 N–H and O–H groups in total. The summed E-state index contributed by atoms with van der Waals surface area (Å²) in [4.78, 5) is 0. The molecular formula is C22H19BrN2. The average Bonchev–Trinajstić information content (AvgIpc) is 3.13. The van der Waals surface area contributed by atoms with Gasteiger partial charge in [-0.3, -0.25) is 5.01 Å². The van der Waals surface area contributed by atoms with Crippen molar-refractivity contribution in [1.29, 1.82) is 0 Å². The molecule has 0 saturated carbocycles. The zero-order valence-corrected chi connectivity index (χ0v) is 15.6. The van der Waals surface area contributed by atoms with Crippen molar-refractivity contribution in [3.63, 3.8) is 0 Å². The highest BCUT2D eigenvalue weighted by molar-refractivity contribution is 9.10. The number of nitrogens with one attached hydrogen (secondary N) is 1.